The van der Waals surface area contributed by atoms with Crippen molar-refractivity contribution in [2.45, 2.75) is 37.6 Å². The van der Waals surface area contributed by atoms with Gasteiger partial charge in [-0.1, -0.05) is 48.5 Å². The van der Waals surface area contributed by atoms with Crippen LogP contribution in [0.15, 0.2) is 48.5 Å². The second-order valence-corrected chi connectivity index (χ2v) is 9.17. The van der Waals surface area contributed by atoms with E-state index in [0.717, 1.165) is 22.3 Å². The summed E-state index contributed by atoms with van der Waals surface area (Å²) in [6.07, 6.45) is 1.09. The van der Waals surface area contributed by atoms with Crippen molar-refractivity contribution in [1.29, 1.82) is 0 Å². The minimum atomic E-state index is -0.815. The molecule has 0 saturated carbocycles. The van der Waals surface area contributed by atoms with Gasteiger partial charge in [-0.15, -0.1) is 0 Å². The van der Waals surface area contributed by atoms with Crippen molar-refractivity contribution < 1.29 is 29.0 Å². The molecule has 0 radical (unpaired) electrons. The molecule has 1 unspecified atom stereocenters. The van der Waals surface area contributed by atoms with E-state index in [1.54, 1.807) is 12.0 Å². The van der Waals surface area contributed by atoms with E-state index in [1.807, 2.05) is 24.3 Å². The van der Waals surface area contributed by atoms with Crippen LogP contribution in [0.2, 0.25) is 0 Å². The van der Waals surface area contributed by atoms with Crippen molar-refractivity contribution in [3.05, 3.63) is 59.7 Å². The van der Waals surface area contributed by atoms with Crippen molar-refractivity contribution in [2.75, 3.05) is 33.4 Å². The van der Waals surface area contributed by atoms with E-state index in [9.17, 15) is 14.4 Å². The number of rotatable bonds is 9. The number of aliphatic carboxylic acids is 1. The fourth-order valence-electron chi connectivity index (χ4n) is 5.10. The minimum absolute atomic E-state index is 0.0606. The molecular weight excluding hydrogens is 448 g/mol. The van der Waals surface area contributed by atoms with Crippen LogP contribution in [0, 0.1) is 5.92 Å². The molecule has 35 heavy (non-hydrogen) atoms. The van der Waals surface area contributed by atoms with Crippen LogP contribution in [0.3, 0.4) is 0 Å². The average molecular weight is 481 g/mol. The molecule has 2 aromatic rings. The summed E-state index contributed by atoms with van der Waals surface area (Å²) in [6, 6.07) is 15.5. The Bertz CT molecular complexity index is 1020. The van der Waals surface area contributed by atoms with Crippen LogP contribution >= 0.6 is 0 Å². The first kappa shape index (κ1) is 24.7. The minimum Gasteiger partial charge on any atom is -0.481 e. The van der Waals surface area contributed by atoms with E-state index in [1.165, 1.54) is 0 Å². The lowest BCUT2D eigenvalue weighted by atomic mass is 9.93. The maximum atomic E-state index is 13.1. The second-order valence-electron chi connectivity index (χ2n) is 9.17. The summed E-state index contributed by atoms with van der Waals surface area (Å²) < 4.78 is 10.8. The number of methoxy groups -OCH3 is 1. The van der Waals surface area contributed by atoms with Gasteiger partial charge in [-0.3, -0.25) is 9.59 Å². The molecule has 1 heterocycles. The first-order valence-corrected chi connectivity index (χ1v) is 12.1. The van der Waals surface area contributed by atoms with Gasteiger partial charge in [-0.2, -0.15) is 0 Å². The number of hydrogen-bond donors (Lipinski definition) is 2. The maximum Gasteiger partial charge on any atom is 0.407 e. The largest absolute Gasteiger partial charge is 0.481 e. The number of alkyl carbamates (subject to hydrolysis) is 1. The number of carbonyl (C=O) groups is 3. The number of benzene rings is 2. The Hall–Kier alpha value is -3.39. The molecule has 0 spiro atoms. The molecule has 2 amide bonds. The molecule has 186 valence electrons. The lowest BCUT2D eigenvalue weighted by Gasteiger charge is -2.34. The molecule has 4 rings (SSSR count). The molecule has 1 saturated heterocycles. The van der Waals surface area contributed by atoms with Crippen LogP contribution in [0.5, 0.6) is 0 Å². The summed E-state index contributed by atoms with van der Waals surface area (Å²) in [5.41, 5.74) is 4.54. The van der Waals surface area contributed by atoms with Gasteiger partial charge in [-0.05, 0) is 41.0 Å². The normalized spacial score (nSPS) is 16.3. The van der Waals surface area contributed by atoms with Gasteiger partial charge >= 0.3 is 12.1 Å². The Morgan fingerprint density at radius 3 is 2.20 bits per heavy atom. The van der Waals surface area contributed by atoms with Crippen LogP contribution in [-0.2, 0) is 19.1 Å². The highest BCUT2D eigenvalue weighted by Gasteiger charge is 2.32. The van der Waals surface area contributed by atoms with Crippen molar-refractivity contribution in [3.63, 3.8) is 0 Å². The smallest absolute Gasteiger partial charge is 0.407 e. The number of carboxylic acids is 1. The Labute approximate surface area is 205 Å². The second kappa shape index (κ2) is 11.4. The van der Waals surface area contributed by atoms with E-state index in [2.05, 4.69) is 29.6 Å². The van der Waals surface area contributed by atoms with E-state index in [-0.39, 0.29) is 30.8 Å². The Balaban J connectivity index is 1.36. The first-order chi connectivity index (χ1) is 17.0. The zero-order chi connectivity index (χ0) is 24.8. The fraction of sp³-hybridized carbons (Fsp3) is 0.444. The van der Waals surface area contributed by atoms with Crippen LogP contribution in [0.1, 0.15) is 42.7 Å². The Morgan fingerprint density at radius 2 is 1.63 bits per heavy atom. The molecule has 1 aliphatic carbocycles. The van der Waals surface area contributed by atoms with Gasteiger partial charge in [-0.25, -0.2) is 4.79 Å². The summed E-state index contributed by atoms with van der Waals surface area (Å²) in [5, 5.41) is 11.7. The number of likely N-dealkylation sites (tertiary alicyclic amines) is 1. The number of fused-ring (bicyclic) bond motifs is 3. The molecule has 8 heteroatoms. The third-order valence-electron chi connectivity index (χ3n) is 6.93. The molecule has 0 bridgehead atoms. The van der Waals surface area contributed by atoms with Crippen LogP contribution < -0.4 is 5.32 Å². The number of nitrogens with zero attached hydrogens (tertiary/aromatic N) is 1. The molecule has 2 aromatic carbocycles. The molecule has 0 aromatic heterocycles. The zero-order valence-electron chi connectivity index (χ0n) is 19.9. The maximum absolute atomic E-state index is 13.1. The van der Waals surface area contributed by atoms with E-state index < -0.39 is 18.1 Å². The molecule has 1 atom stereocenters. The molecule has 8 nitrogen and oxygen atoms in total. The number of hydrogen-bond acceptors (Lipinski definition) is 5. The lowest BCUT2D eigenvalue weighted by molar-refractivity contribution is -0.139. The molecule has 1 fully saturated rings. The zero-order valence-corrected chi connectivity index (χ0v) is 19.9. The number of carboxylic acid groups (broad SMARTS) is 1. The van der Waals surface area contributed by atoms with E-state index >= 15 is 0 Å². The van der Waals surface area contributed by atoms with Crippen LogP contribution in [-0.4, -0.2) is 67.4 Å². The fourth-order valence-corrected chi connectivity index (χ4v) is 5.10. The van der Waals surface area contributed by atoms with Crippen LogP contribution in [0.4, 0.5) is 4.79 Å². The summed E-state index contributed by atoms with van der Waals surface area (Å²) in [7, 11) is 1.55. The van der Waals surface area contributed by atoms with Gasteiger partial charge in [0.25, 0.3) is 0 Å². The topological polar surface area (TPSA) is 105 Å². The Kier molecular flexibility index (Phi) is 8.02. The standard InChI is InChI=1S/C27H32N2O6/c1-34-15-12-24(26(32)29-13-10-18(11-14-29)16-25(30)31)28-27(33)35-17-23-21-8-4-2-6-19(21)20-7-3-5-9-22(20)23/h2-9,18,23-24H,10-17H2,1H3,(H,28,33)(H,30,31). The first-order valence-electron chi connectivity index (χ1n) is 12.1. The van der Waals surface area contributed by atoms with E-state index in [0.29, 0.717) is 39.0 Å². The summed E-state index contributed by atoms with van der Waals surface area (Å²) >= 11 is 0. The highest BCUT2D eigenvalue weighted by molar-refractivity contribution is 5.86. The van der Waals surface area contributed by atoms with Gasteiger partial charge in [0, 0.05) is 45.6 Å². The highest BCUT2D eigenvalue weighted by atomic mass is 16.5. The quantitative estimate of drug-likeness (QED) is 0.568. The number of nitrogens with one attached hydrogen (secondary N) is 1. The van der Waals surface area contributed by atoms with Gasteiger partial charge in [0.05, 0.1) is 0 Å². The average Bonchev–Trinajstić information content (AvgIpc) is 3.18. The van der Waals surface area contributed by atoms with E-state index in [4.69, 9.17) is 14.6 Å². The van der Waals surface area contributed by atoms with Gasteiger partial charge < -0.3 is 24.8 Å². The van der Waals surface area contributed by atoms with Crippen molar-refractivity contribution in [3.8, 4) is 11.1 Å². The summed E-state index contributed by atoms with van der Waals surface area (Å²) in [5.74, 6) is -0.993. The van der Waals surface area contributed by atoms with Crippen molar-refractivity contribution in [2.24, 2.45) is 5.92 Å². The summed E-state index contributed by atoms with van der Waals surface area (Å²) in [4.78, 5) is 38.6. The van der Waals surface area contributed by atoms with Crippen molar-refractivity contribution in [1.82, 2.24) is 10.2 Å². The lowest BCUT2D eigenvalue weighted by Crippen LogP contribution is -2.51. The third-order valence-corrected chi connectivity index (χ3v) is 6.93. The molecule has 2 aliphatic rings. The van der Waals surface area contributed by atoms with Gasteiger partial charge in [0.15, 0.2) is 0 Å². The monoisotopic (exact) mass is 480 g/mol. The van der Waals surface area contributed by atoms with Crippen LogP contribution in [0.25, 0.3) is 11.1 Å². The number of amides is 2. The SMILES string of the molecule is COCCC(NC(=O)OCC1c2ccccc2-c2ccccc21)C(=O)N1CCC(CC(=O)O)CC1. The predicted octanol–water partition coefficient (Wildman–Crippen LogP) is 3.64. The Morgan fingerprint density at radius 1 is 1.03 bits per heavy atom. The predicted molar refractivity (Wildman–Crippen MR) is 130 cm³/mol. The van der Waals surface area contributed by atoms with Gasteiger partial charge in [0.2, 0.25) is 5.91 Å². The third kappa shape index (κ3) is 5.82. The summed E-state index contributed by atoms with van der Waals surface area (Å²) in [6.45, 7) is 1.44. The number of piperidine rings is 1. The van der Waals surface area contributed by atoms with Gasteiger partial charge in [0.1, 0.15) is 12.6 Å². The molecular formula is C27H32N2O6. The molecule has 2 N–H and O–H groups in total. The number of carbonyl (C=O) groups excluding carboxylic acids is 2. The molecule has 1 aliphatic heterocycles. The van der Waals surface area contributed by atoms with Crippen molar-refractivity contribution >= 4 is 18.0 Å². The highest BCUT2D eigenvalue weighted by Crippen LogP contribution is 2.44. The number of ether oxygens (including phenoxy) is 2.